The van der Waals surface area contributed by atoms with Gasteiger partial charge < -0.3 is 25.7 Å². The number of hydrogen-bond acceptors (Lipinski definition) is 6. The Morgan fingerprint density at radius 1 is 1.13 bits per heavy atom. The number of aromatic hydroxyl groups is 1. The van der Waals surface area contributed by atoms with Crippen molar-refractivity contribution in [3.63, 3.8) is 0 Å². The molecule has 1 saturated heterocycles. The van der Waals surface area contributed by atoms with Crippen LogP contribution in [-0.4, -0.2) is 68.2 Å². The highest BCUT2D eigenvalue weighted by Crippen LogP contribution is 2.39. The first-order valence-corrected chi connectivity index (χ1v) is 13.6. The Morgan fingerprint density at radius 3 is 2.47 bits per heavy atom. The molecule has 3 rings (SSSR count). The van der Waals surface area contributed by atoms with Crippen LogP contribution < -0.4 is 10.6 Å². The maximum absolute atomic E-state index is 13.7. The average molecular weight is 540 g/mol. The van der Waals surface area contributed by atoms with Gasteiger partial charge in [-0.15, -0.1) is 11.8 Å². The van der Waals surface area contributed by atoms with Gasteiger partial charge >= 0.3 is 0 Å². The summed E-state index contributed by atoms with van der Waals surface area (Å²) in [6.45, 7) is 9.64. The van der Waals surface area contributed by atoms with Crippen LogP contribution in [-0.2, 0) is 16.0 Å². The van der Waals surface area contributed by atoms with Crippen LogP contribution >= 0.6 is 11.8 Å². The van der Waals surface area contributed by atoms with Gasteiger partial charge in [0.25, 0.3) is 11.8 Å². The fourth-order valence-electron chi connectivity index (χ4n) is 4.43. The summed E-state index contributed by atoms with van der Waals surface area (Å²) < 4.78 is -0.568. The van der Waals surface area contributed by atoms with Gasteiger partial charge in [0.2, 0.25) is 5.91 Å². The second kappa shape index (κ2) is 12.5. The molecular weight excluding hydrogens is 502 g/mol. The molecule has 0 aliphatic carbocycles. The van der Waals surface area contributed by atoms with Crippen LogP contribution in [0.4, 0.5) is 0 Å². The van der Waals surface area contributed by atoms with Gasteiger partial charge in [0, 0.05) is 22.4 Å². The van der Waals surface area contributed by atoms with E-state index in [2.05, 4.69) is 10.6 Å². The number of hydrogen-bond donors (Lipinski definition) is 4. The summed E-state index contributed by atoms with van der Waals surface area (Å²) in [7, 11) is 0. The fourth-order valence-corrected chi connectivity index (χ4v) is 5.57. The Kier molecular flexibility index (Phi) is 9.62. The van der Waals surface area contributed by atoms with Crippen molar-refractivity contribution in [3.8, 4) is 5.75 Å². The maximum atomic E-state index is 13.7. The van der Waals surface area contributed by atoms with E-state index in [0.717, 1.165) is 11.1 Å². The molecule has 3 amide bonds. The third-order valence-electron chi connectivity index (χ3n) is 6.66. The van der Waals surface area contributed by atoms with Gasteiger partial charge in [-0.3, -0.25) is 14.4 Å². The summed E-state index contributed by atoms with van der Waals surface area (Å²) in [4.78, 5) is 41.4. The first-order valence-electron chi connectivity index (χ1n) is 12.6. The number of benzene rings is 2. The standard InChI is InChI=1S/C29H37N3O5S/c1-18(2)14-15-30-27(36)25-29(4,5)38-17-32(25)28(37)24(34)22(16-20-10-7-6-8-11-20)31-26(35)21-12-9-13-23(33)19(21)3/h6-14,22,24-25,33-34H,15-17H2,1-5H3,(H,30,36)(H,31,35)/t22-,24-,25?/m0/s1. The van der Waals surface area contributed by atoms with Gasteiger partial charge in [0.1, 0.15) is 11.8 Å². The summed E-state index contributed by atoms with van der Waals surface area (Å²) in [6.07, 6.45) is 0.487. The lowest BCUT2D eigenvalue weighted by Crippen LogP contribution is -2.58. The number of nitrogens with one attached hydrogen (secondary N) is 2. The van der Waals surface area contributed by atoms with E-state index in [-0.39, 0.29) is 29.5 Å². The van der Waals surface area contributed by atoms with E-state index in [1.54, 1.807) is 19.1 Å². The Labute approximate surface area is 228 Å². The van der Waals surface area contributed by atoms with Gasteiger partial charge in [-0.05, 0) is 58.7 Å². The van der Waals surface area contributed by atoms with Crippen molar-refractivity contribution in [2.75, 3.05) is 12.4 Å². The average Bonchev–Trinajstić information content (AvgIpc) is 3.19. The molecule has 9 heteroatoms. The van der Waals surface area contributed by atoms with E-state index in [1.165, 1.54) is 22.7 Å². The van der Waals surface area contributed by atoms with Gasteiger partial charge in [-0.2, -0.15) is 0 Å². The molecule has 1 unspecified atom stereocenters. The Balaban J connectivity index is 1.86. The quantitative estimate of drug-likeness (QED) is 0.364. The van der Waals surface area contributed by atoms with Crippen molar-refractivity contribution in [2.24, 2.45) is 0 Å². The van der Waals surface area contributed by atoms with Crippen LogP contribution in [0.3, 0.4) is 0 Å². The molecular formula is C29H37N3O5S. The number of nitrogens with zero attached hydrogens (tertiary/aromatic N) is 1. The molecule has 1 heterocycles. The summed E-state index contributed by atoms with van der Waals surface area (Å²) in [6, 6.07) is 12.1. The molecule has 3 atom stereocenters. The number of amides is 3. The van der Waals surface area contributed by atoms with E-state index >= 15 is 0 Å². The summed E-state index contributed by atoms with van der Waals surface area (Å²) >= 11 is 1.46. The van der Waals surface area contributed by atoms with Crippen LogP contribution in [0.5, 0.6) is 5.75 Å². The van der Waals surface area contributed by atoms with Crippen LogP contribution in [0.2, 0.25) is 0 Å². The molecule has 204 valence electrons. The first-order chi connectivity index (χ1) is 17.9. The summed E-state index contributed by atoms with van der Waals surface area (Å²) in [5.74, 6) is -1.22. The molecule has 0 saturated carbocycles. The normalized spacial score (nSPS) is 17.8. The number of carbonyl (C=O) groups excluding carboxylic acids is 3. The summed E-state index contributed by atoms with van der Waals surface area (Å²) in [5, 5.41) is 27.1. The molecule has 8 nitrogen and oxygen atoms in total. The van der Waals surface area contributed by atoms with Gasteiger partial charge in [0.05, 0.1) is 11.9 Å². The zero-order valence-corrected chi connectivity index (χ0v) is 23.3. The third-order valence-corrected chi connectivity index (χ3v) is 8.04. The van der Waals surface area contributed by atoms with Crippen molar-refractivity contribution < 1.29 is 24.6 Å². The second-order valence-corrected chi connectivity index (χ2v) is 11.9. The monoisotopic (exact) mass is 539 g/mol. The van der Waals surface area contributed by atoms with Crippen molar-refractivity contribution >= 4 is 29.5 Å². The van der Waals surface area contributed by atoms with Gasteiger partial charge in [-0.25, -0.2) is 0 Å². The van der Waals surface area contributed by atoms with Gasteiger partial charge in [0.15, 0.2) is 6.10 Å². The van der Waals surface area contributed by atoms with Crippen LogP contribution in [0.15, 0.2) is 60.2 Å². The van der Waals surface area contributed by atoms with E-state index < -0.39 is 34.7 Å². The zero-order valence-electron chi connectivity index (χ0n) is 22.5. The molecule has 0 bridgehead atoms. The van der Waals surface area contributed by atoms with E-state index in [1.807, 2.05) is 64.1 Å². The highest BCUT2D eigenvalue weighted by Gasteiger charge is 2.49. The SMILES string of the molecule is CC(C)=CCNC(=O)C1N(C(=O)[C@@H](O)[C@H](Cc2ccccc2)NC(=O)c2cccc(O)c2C)CSC1(C)C. The minimum absolute atomic E-state index is 0.0211. The Morgan fingerprint density at radius 2 is 1.82 bits per heavy atom. The highest BCUT2D eigenvalue weighted by molar-refractivity contribution is 8.00. The number of phenols is 1. The number of aliphatic hydroxyl groups is 1. The van der Waals surface area contributed by atoms with Crippen molar-refractivity contribution in [3.05, 3.63) is 76.9 Å². The molecule has 2 aromatic rings. The number of carbonyl (C=O) groups is 3. The number of phenolic OH excluding ortho intramolecular Hbond substituents is 1. The second-order valence-electron chi connectivity index (χ2n) is 10.3. The number of rotatable bonds is 9. The van der Waals surface area contributed by atoms with Gasteiger partial charge in [-0.1, -0.05) is 48.0 Å². The highest BCUT2D eigenvalue weighted by atomic mass is 32.2. The number of thioether (sulfide) groups is 1. The molecule has 0 aromatic heterocycles. The summed E-state index contributed by atoms with van der Waals surface area (Å²) in [5.41, 5.74) is 2.53. The van der Waals surface area contributed by atoms with Crippen molar-refractivity contribution in [1.29, 1.82) is 0 Å². The van der Waals surface area contributed by atoms with Crippen molar-refractivity contribution in [2.45, 2.75) is 64.0 Å². The molecule has 2 aromatic carbocycles. The molecule has 0 spiro atoms. The van der Waals surface area contributed by atoms with Crippen molar-refractivity contribution in [1.82, 2.24) is 15.5 Å². The van der Waals surface area contributed by atoms with Crippen LogP contribution in [0.25, 0.3) is 0 Å². The predicted octanol–water partition coefficient (Wildman–Crippen LogP) is 3.17. The lowest BCUT2D eigenvalue weighted by Gasteiger charge is -2.33. The zero-order chi connectivity index (χ0) is 28.0. The fraction of sp³-hybridized carbons (Fsp3) is 0.414. The minimum atomic E-state index is -1.60. The lowest BCUT2D eigenvalue weighted by atomic mass is 9.96. The maximum Gasteiger partial charge on any atom is 0.254 e. The number of allylic oxidation sites excluding steroid dienone is 1. The molecule has 1 aliphatic rings. The first kappa shape index (κ1) is 29.3. The Bertz CT molecular complexity index is 1190. The van der Waals surface area contributed by atoms with Crippen LogP contribution in [0, 0.1) is 6.92 Å². The topological polar surface area (TPSA) is 119 Å². The largest absolute Gasteiger partial charge is 0.508 e. The minimum Gasteiger partial charge on any atom is -0.508 e. The number of aliphatic hydroxyl groups excluding tert-OH is 1. The Hall–Kier alpha value is -3.30. The van der Waals surface area contributed by atoms with E-state index in [4.69, 9.17) is 0 Å². The molecule has 1 fully saturated rings. The molecule has 4 N–H and O–H groups in total. The third kappa shape index (κ3) is 6.96. The molecule has 1 aliphatic heterocycles. The van der Waals surface area contributed by atoms with E-state index in [0.29, 0.717) is 12.1 Å². The van der Waals surface area contributed by atoms with E-state index in [9.17, 15) is 24.6 Å². The smallest absolute Gasteiger partial charge is 0.254 e. The van der Waals surface area contributed by atoms with Crippen LogP contribution in [0.1, 0.15) is 49.2 Å². The molecule has 0 radical (unpaired) electrons. The predicted molar refractivity (Wildman–Crippen MR) is 150 cm³/mol. The lowest BCUT2D eigenvalue weighted by molar-refractivity contribution is -0.147. The molecule has 38 heavy (non-hydrogen) atoms.